The van der Waals surface area contributed by atoms with Crippen molar-refractivity contribution >= 4 is 10.9 Å². The lowest BCUT2D eigenvalue weighted by molar-refractivity contribution is -0.136. The summed E-state index contributed by atoms with van der Waals surface area (Å²) in [5.74, 6) is -0.795. The van der Waals surface area contributed by atoms with Crippen LogP contribution in [0.4, 0.5) is 17.6 Å². The van der Waals surface area contributed by atoms with Gasteiger partial charge in [0.1, 0.15) is 17.1 Å². The number of aromatic nitrogens is 1. The van der Waals surface area contributed by atoms with Gasteiger partial charge in [-0.2, -0.15) is 13.2 Å². The summed E-state index contributed by atoms with van der Waals surface area (Å²) in [5.41, 5.74) is -1.48. The van der Waals surface area contributed by atoms with E-state index in [0.29, 0.717) is 6.07 Å². The molecule has 0 saturated heterocycles. The third kappa shape index (κ3) is 1.55. The van der Waals surface area contributed by atoms with E-state index in [1.165, 1.54) is 6.92 Å². The zero-order valence-electron chi connectivity index (χ0n) is 7.52. The SMILES string of the molecule is Cc1onc2c(C(F)(F)F)cc(F)cc12. The van der Waals surface area contributed by atoms with Crippen LogP contribution in [0.25, 0.3) is 10.9 Å². The van der Waals surface area contributed by atoms with Crippen molar-refractivity contribution in [1.29, 1.82) is 0 Å². The third-order valence-corrected chi connectivity index (χ3v) is 2.03. The number of aryl methyl sites for hydroxylation is 1. The van der Waals surface area contributed by atoms with Gasteiger partial charge in [-0.15, -0.1) is 0 Å². The fourth-order valence-corrected chi connectivity index (χ4v) is 1.35. The minimum absolute atomic E-state index is 0.0438. The van der Waals surface area contributed by atoms with Crippen molar-refractivity contribution in [2.45, 2.75) is 13.1 Å². The molecule has 0 radical (unpaired) electrons. The predicted molar refractivity (Wildman–Crippen MR) is 43.7 cm³/mol. The van der Waals surface area contributed by atoms with Crippen molar-refractivity contribution in [3.8, 4) is 0 Å². The van der Waals surface area contributed by atoms with Gasteiger partial charge in [0, 0.05) is 5.39 Å². The Labute approximate surface area is 81.5 Å². The molecule has 2 aromatic rings. The molecule has 80 valence electrons. The van der Waals surface area contributed by atoms with Crippen LogP contribution in [0.5, 0.6) is 0 Å². The second-order valence-corrected chi connectivity index (χ2v) is 3.09. The number of hydrogen-bond donors (Lipinski definition) is 0. The molecule has 0 aliphatic rings. The molecule has 2 nitrogen and oxygen atoms in total. The van der Waals surface area contributed by atoms with E-state index in [2.05, 4.69) is 9.68 Å². The quantitative estimate of drug-likeness (QED) is 0.635. The smallest absolute Gasteiger partial charge is 0.360 e. The Balaban J connectivity index is 2.84. The average molecular weight is 219 g/mol. The van der Waals surface area contributed by atoms with E-state index >= 15 is 0 Å². The lowest BCUT2D eigenvalue weighted by Crippen LogP contribution is -2.06. The molecule has 0 N–H and O–H groups in total. The van der Waals surface area contributed by atoms with Crippen LogP contribution in [0.15, 0.2) is 16.7 Å². The van der Waals surface area contributed by atoms with Gasteiger partial charge in [-0.25, -0.2) is 4.39 Å². The van der Waals surface area contributed by atoms with Crippen LogP contribution in [0.3, 0.4) is 0 Å². The number of nitrogens with zero attached hydrogens (tertiary/aromatic N) is 1. The zero-order chi connectivity index (χ0) is 11.2. The molecule has 0 amide bonds. The van der Waals surface area contributed by atoms with Gasteiger partial charge in [-0.05, 0) is 19.1 Å². The largest absolute Gasteiger partial charge is 0.418 e. The van der Waals surface area contributed by atoms with Crippen molar-refractivity contribution in [3.63, 3.8) is 0 Å². The average Bonchev–Trinajstić information content (AvgIpc) is 2.45. The minimum atomic E-state index is -4.64. The Morgan fingerprint density at radius 1 is 1.27 bits per heavy atom. The van der Waals surface area contributed by atoms with E-state index in [1.54, 1.807) is 0 Å². The highest BCUT2D eigenvalue weighted by molar-refractivity contribution is 5.83. The van der Waals surface area contributed by atoms with Gasteiger partial charge in [-0.1, -0.05) is 5.16 Å². The van der Waals surface area contributed by atoms with Crippen LogP contribution < -0.4 is 0 Å². The molecule has 2 rings (SSSR count). The molecule has 0 bridgehead atoms. The second-order valence-electron chi connectivity index (χ2n) is 3.09. The zero-order valence-corrected chi connectivity index (χ0v) is 7.52. The maximum absolute atomic E-state index is 12.9. The summed E-state index contributed by atoms with van der Waals surface area (Å²) in [6, 6.07) is 1.38. The van der Waals surface area contributed by atoms with Crippen LogP contribution in [-0.4, -0.2) is 5.16 Å². The Morgan fingerprint density at radius 3 is 2.53 bits per heavy atom. The van der Waals surface area contributed by atoms with Gasteiger partial charge >= 0.3 is 6.18 Å². The first-order valence-electron chi connectivity index (χ1n) is 4.02. The first-order chi connectivity index (χ1) is 6.89. The molecule has 1 heterocycles. The van der Waals surface area contributed by atoms with Crippen LogP contribution in [0.2, 0.25) is 0 Å². The standard InChI is InChI=1S/C9H5F4NO/c1-4-6-2-5(10)3-7(9(11,12)13)8(6)14-15-4/h2-3H,1H3. The second kappa shape index (κ2) is 2.95. The number of rotatable bonds is 0. The number of alkyl halides is 3. The lowest BCUT2D eigenvalue weighted by atomic mass is 10.1. The van der Waals surface area contributed by atoms with E-state index < -0.39 is 17.6 Å². The summed E-state index contributed by atoms with van der Waals surface area (Å²) < 4.78 is 54.9. The molecule has 0 spiro atoms. The Kier molecular flexibility index (Phi) is 1.95. The highest BCUT2D eigenvalue weighted by atomic mass is 19.4. The molecule has 15 heavy (non-hydrogen) atoms. The Morgan fingerprint density at radius 2 is 1.93 bits per heavy atom. The number of halogens is 4. The highest BCUT2D eigenvalue weighted by Crippen LogP contribution is 2.35. The minimum Gasteiger partial charge on any atom is -0.360 e. The van der Waals surface area contributed by atoms with Crippen molar-refractivity contribution in [2.24, 2.45) is 0 Å². The highest BCUT2D eigenvalue weighted by Gasteiger charge is 2.35. The van der Waals surface area contributed by atoms with Gasteiger partial charge in [0.2, 0.25) is 0 Å². The first-order valence-corrected chi connectivity index (χ1v) is 4.02. The number of fused-ring (bicyclic) bond motifs is 1. The molecule has 0 atom stereocenters. The summed E-state index contributed by atoms with van der Waals surface area (Å²) in [6.07, 6.45) is -4.64. The lowest BCUT2D eigenvalue weighted by Gasteiger charge is -2.06. The molecular weight excluding hydrogens is 214 g/mol. The summed E-state index contributed by atoms with van der Waals surface area (Å²) in [5, 5.41) is 3.31. The summed E-state index contributed by atoms with van der Waals surface area (Å²) >= 11 is 0. The molecule has 0 unspecified atom stereocenters. The van der Waals surface area contributed by atoms with Gasteiger partial charge in [0.15, 0.2) is 0 Å². The summed E-state index contributed by atoms with van der Waals surface area (Å²) in [7, 11) is 0. The van der Waals surface area contributed by atoms with Gasteiger partial charge in [-0.3, -0.25) is 0 Å². The molecule has 0 aliphatic carbocycles. The van der Waals surface area contributed by atoms with Gasteiger partial charge in [0.05, 0.1) is 5.56 Å². The van der Waals surface area contributed by atoms with E-state index in [0.717, 1.165) is 6.07 Å². The van der Waals surface area contributed by atoms with E-state index in [1.807, 2.05) is 0 Å². The van der Waals surface area contributed by atoms with Crippen molar-refractivity contribution < 1.29 is 22.1 Å². The maximum atomic E-state index is 12.9. The predicted octanol–water partition coefficient (Wildman–Crippen LogP) is 3.29. The molecule has 0 saturated carbocycles. The number of hydrogen-bond acceptors (Lipinski definition) is 2. The van der Waals surface area contributed by atoms with Crippen LogP contribution >= 0.6 is 0 Å². The fraction of sp³-hybridized carbons (Fsp3) is 0.222. The van der Waals surface area contributed by atoms with Gasteiger partial charge in [0.25, 0.3) is 0 Å². The van der Waals surface area contributed by atoms with E-state index in [9.17, 15) is 17.6 Å². The van der Waals surface area contributed by atoms with E-state index in [4.69, 9.17) is 0 Å². The maximum Gasteiger partial charge on any atom is 0.418 e. The Bertz CT molecular complexity index is 515. The van der Waals surface area contributed by atoms with Crippen LogP contribution in [0.1, 0.15) is 11.3 Å². The molecule has 6 heteroatoms. The van der Waals surface area contributed by atoms with E-state index in [-0.39, 0.29) is 16.7 Å². The first kappa shape index (κ1) is 9.95. The van der Waals surface area contributed by atoms with Crippen LogP contribution in [-0.2, 0) is 6.18 Å². The molecule has 1 aromatic heterocycles. The van der Waals surface area contributed by atoms with Gasteiger partial charge < -0.3 is 4.52 Å². The molecule has 0 aliphatic heterocycles. The normalized spacial score (nSPS) is 12.3. The van der Waals surface area contributed by atoms with Crippen molar-refractivity contribution in [3.05, 3.63) is 29.3 Å². The third-order valence-electron chi connectivity index (χ3n) is 2.03. The fourth-order valence-electron chi connectivity index (χ4n) is 1.35. The Hall–Kier alpha value is -1.59. The van der Waals surface area contributed by atoms with Crippen LogP contribution in [0, 0.1) is 12.7 Å². The monoisotopic (exact) mass is 219 g/mol. The topological polar surface area (TPSA) is 26.0 Å². The number of benzene rings is 1. The van der Waals surface area contributed by atoms with Crippen molar-refractivity contribution in [2.75, 3.05) is 0 Å². The summed E-state index contributed by atoms with van der Waals surface area (Å²) in [6.45, 7) is 1.43. The molecular formula is C9H5F4NO. The van der Waals surface area contributed by atoms with Crippen molar-refractivity contribution in [1.82, 2.24) is 5.16 Å². The molecule has 0 fully saturated rings. The molecule has 1 aromatic carbocycles. The summed E-state index contributed by atoms with van der Waals surface area (Å²) in [4.78, 5) is 0.